The number of para-hydroxylation sites is 2. The smallest absolute Gasteiger partial charge is 0.137 e. The van der Waals surface area contributed by atoms with E-state index in [1.807, 2.05) is 6.20 Å². The summed E-state index contributed by atoms with van der Waals surface area (Å²) in [7, 11) is 0. The van der Waals surface area contributed by atoms with Crippen LogP contribution in [0.5, 0.6) is 11.5 Å². The molecule has 0 radical (unpaired) electrons. The second-order valence-electron chi connectivity index (χ2n) is 25.5. The van der Waals surface area contributed by atoms with Gasteiger partial charge in [-0.15, -0.1) is 0 Å². The minimum Gasteiger partial charge on any atom is -0.457 e. The van der Waals surface area contributed by atoms with Crippen LogP contribution in [-0.2, 0) is 27.1 Å². The highest BCUT2D eigenvalue weighted by molar-refractivity contribution is 6.00. The Labute approximate surface area is 429 Å². The summed E-state index contributed by atoms with van der Waals surface area (Å²) in [5.74, 6) is 2.97. The summed E-state index contributed by atoms with van der Waals surface area (Å²) in [6.07, 6.45) is 7.67. The predicted molar refractivity (Wildman–Crippen MR) is 305 cm³/mol. The van der Waals surface area contributed by atoms with E-state index in [-0.39, 0.29) is 27.1 Å². The highest BCUT2D eigenvalue weighted by atomic mass is 16.5. The van der Waals surface area contributed by atoms with Crippen LogP contribution in [0.25, 0.3) is 45.1 Å². The number of allylic oxidation sites excluding steroid dienone is 1. The molecule has 5 nitrogen and oxygen atoms in total. The highest BCUT2D eigenvalue weighted by Gasteiger charge is 2.45. The van der Waals surface area contributed by atoms with E-state index in [0.717, 1.165) is 40.6 Å². The summed E-state index contributed by atoms with van der Waals surface area (Å²) in [6.45, 7) is 33.3. The van der Waals surface area contributed by atoms with Crippen LogP contribution in [0.2, 0.25) is 0 Å². The van der Waals surface area contributed by atoms with Crippen molar-refractivity contribution in [2.24, 2.45) is 0 Å². The van der Waals surface area contributed by atoms with Crippen LogP contribution in [0.4, 0.5) is 22.7 Å². The van der Waals surface area contributed by atoms with E-state index in [1.165, 1.54) is 78.1 Å². The Hall–Kier alpha value is -6.85. The lowest BCUT2D eigenvalue weighted by Gasteiger charge is -2.32. The van der Waals surface area contributed by atoms with Crippen LogP contribution in [0.15, 0.2) is 146 Å². The number of benzene rings is 6. The zero-order valence-electron chi connectivity index (χ0n) is 45.1. The minimum absolute atomic E-state index is 0.00691. The van der Waals surface area contributed by atoms with E-state index in [2.05, 4.69) is 257 Å². The number of pyridine rings is 1. The van der Waals surface area contributed by atoms with Gasteiger partial charge in [-0.25, -0.2) is 4.98 Å². The molecule has 0 spiro atoms. The zero-order valence-corrected chi connectivity index (χ0v) is 45.1. The SMILES string of the molecule is CC(C)(C)c1cc(-c2cc(C(C)(C)C)cc(-c3ccccc3)c2N2CN(c3cccc(Oc4cc5c6c7c(n(-c8cc(C(C)(C)C)ccn8)c6c4)C=CCC7C5(C)C)c3)c3ccccc32)cc(C(C)(C)C)c1. The van der Waals surface area contributed by atoms with Gasteiger partial charge in [0.2, 0.25) is 0 Å². The van der Waals surface area contributed by atoms with Crippen LogP contribution in [0.3, 0.4) is 0 Å². The van der Waals surface area contributed by atoms with Gasteiger partial charge in [-0.05, 0) is 145 Å². The van der Waals surface area contributed by atoms with Crippen molar-refractivity contribution >= 4 is 39.7 Å². The number of hydrogen-bond acceptors (Lipinski definition) is 4. The van der Waals surface area contributed by atoms with Gasteiger partial charge in [0.05, 0.1) is 28.3 Å². The van der Waals surface area contributed by atoms with Crippen LogP contribution >= 0.6 is 0 Å². The van der Waals surface area contributed by atoms with Gasteiger partial charge < -0.3 is 14.5 Å². The first-order valence-electron chi connectivity index (χ1n) is 26.2. The maximum atomic E-state index is 7.09. The molecule has 366 valence electrons. The first-order valence-corrected chi connectivity index (χ1v) is 26.2. The molecule has 0 saturated heterocycles. The van der Waals surface area contributed by atoms with Crippen molar-refractivity contribution < 1.29 is 4.74 Å². The molecule has 5 heteroatoms. The fourth-order valence-corrected chi connectivity index (χ4v) is 11.6. The van der Waals surface area contributed by atoms with Crippen LogP contribution in [-0.4, -0.2) is 16.2 Å². The van der Waals surface area contributed by atoms with Crippen molar-refractivity contribution in [1.29, 1.82) is 0 Å². The van der Waals surface area contributed by atoms with Crippen molar-refractivity contribution in [3.63, 3.8) is 0 Å². The summed E-state index contributed by atoms with van der Waals surface area (Å²) in [5.41, 5.74) is 19.8. The van der Waals surface area contributed by atoms with Gasteiger partial charge in [-0.1, -0.05) is 170 Å². The monoisotopic (exact) mass is 949 g/mol. The van der Waals surface area contributed by atoms with Gasteiger partial charge in [0.1, 0.15) is 24.0 Å². The first kappa shape index (κ1) is 47.5. The molecule has 0 fully saturated rings. The third-order valence-electron chi connectivity index (χ3n) is 15.9. The fraction of sp³-hybridized carbons (Fsp3) is 0.328. The number of nitrogens with zero attached hydrogens (tertiary/aromatic N) is 4. The average molecular weight is 949 g/mol. The highest BCUT2D eigenvalue weighted by Crippen LogP contribution is 2.58. The Balaban J connectivity index is 1.04. The van der Waals surface area contributed by atoms with E-state index in [9.17, 15) is 0 Å². The van der Waals surface area contributed by atoms with Crippen molar-refractivity contribution in [1.82, 2.24) is 9.55 Å². The van der Waals surface area contributed by atoms with Gasteiger partial charge in [0.15, 0.2) is 0 Å². The van der Waals surface area contributed by atoms with E-state index in [0.29, 0.717) is 12.6 Å². The van der Waals surface area contributed by atoms with Gasteiger partial charge >= 0.3 is 0 Å². The van der Waals surface area contributed by atoms with Crippen LogP contribution < -0.4 is 14.5 Å². The molecular formula is C67H72N4O. The molecule has 1 atom stereocenters. The third kappa shape index (κ3) is 8.04. The molecule has 0 saturated carbocycles. The first-order chi connectivity index (χ1) is 34.0. The maximum Gasteiger partial charge on any atom is 0.137 e. The lowest BCUT2D eigenvalue weighted by atomic mass is 9.73. The lowest BCUT2D eigenvalue weighted by Crippen LogP contribution is -2.25. The van der Waals surface area contributed by atoms with E-state index < -0.39 is 0 Å². The summed E-state index contributed by atoms with van der Waals surface area (Å²) in [6, 6.07) is 49.9. The summed E-state index contributed by atoms with van der Waals surface area (Å²) < 4.78 is 9.48. The molecule has 6 aromatic carbocycles. The summed E-state index contributed by atoms with van der Waals surface area (Å²) >= 11 is 0. The number of ether oxygens (including phenoxy) is 1. The van der Waals surface area contributed by atoms with Gasteiger partial charge in [-0.3, -0.25) is 4.57 Å². The molecule has 0 bridgehead atoms. The topological polar surface area (TPSA) is 33.5 Å². The number of rotatable bonds is 7. The maximum absolute atomic E-state index is 7.09. The summed E-state index contributed by atoms with van der Waals surface area (Å²) in [4.78, 5) is 10.0. The van der Waals surface area contributed by atoms with Crippen molar-refractivity contribution in [3.8, 4) is 39.6 Å². The van der Waals surface area contributed by atoms with Crippen LogP contribution in [0.1, 0.15) is 148 Å². The minimum atomic E-state index is -0.0877. The lowest BCUT2D eigenvalue weighted by molar-refractivity contribution is 0.426. The number of anilines is 4. The number of fused-ring (bicyclic) bond motifs is 1. The molecule has 0 amide bonds. The largest absolute Gasteiger partial charge is 0.457 e. The molecule has 2 aromatic heterocycles. The molecule has 3 aliphatic rings. The Kier molecular flexibility index (Phi) is 10.9. The average Bonchev–Trinajstić information content (AvgIpc) is 3.96. The van der Waals surface area contributed by atoms with Gasteiger partial charge in [0.25, 0.3) is 0 Å². The van der Waals surface area contributed by atoms with Crippen molar-refractivity contribution in [2.45, 2.75) is 136 Å². The zero-order chi connectivity index (χ0) is 50.9. The molecule has 11 rings (SSSR count). The molecule has 0 N–H and O–H groups in total. The second kappa shape index (κ2) is 16.6. The molecule has 8 aromatic rings. The Morgan fingerprint density at radius 1 is 0.556 bits per heavy atom. The van der Waals surface area contributed by atoms with Crippen molar-refractivity contribution in [3.05, 3.63) is 185 Å². The molecule has 72 heavy (non-hydrogen) atoms. The normalized spacial score (nSPS) is 16.2. The number of hydrogen-bond donors (Lipinski definition) is 0. The Morgan fingerprint density at radius 3 is 1.82 bits per heavy atom. The quantitative estimate of drug-likeness (QED) is 0.159. The molecule has 3 heterocycles. The van der Waals surface area contributed by atoms with Gasteiger partial charge in [-0.2, -0.15) is 0 Å². The fourth-order valence-electron chi connectivity index (χ4n) is 11.6. The van der Waals surface area contributed by atoms with E-state index >= 15 is 0 Å². The standard InChI is InChI=1S/C67H72N4O/c1-63(2,3)44-30-31-68-59(37-44)71-57-29-21-26-53-60(57)61-54(67(53,13)14)39-50(40-58(61)71)72-49-25-20-24-48(38-49)69-41-70(56-28-19-18-27-55(56)69)62-51(42-22-16-15-17-23-42)35-47(66(10,11)12)36-52(62)43-32-45(64(4,5)6)34-46(33-43)65(7,8)9/h15-25,27-40,53H,26,41H2,1-14H3. The third-order valence-corrected chi connectivity index (χ3v) is 15.9. The Morgan fingerprint density at radius 2 is 1.17 bits per heavy atom. The van der Waals surface area contributed by atoms with E-state index in [4.69, 9.17) is 9.72 Å². The molecule has 1 aliphatic heterocycles. The molecular weight excluding hydrogens is 877 g/mol. The molecule has 2 aliphatic carbocycles. The van der Waals surface area contributed by atoms with Crippen LogP contribution in [0, 0.1) is 0 Å². The van der Waals surface area contributed by atoms with Crippen molar-refractivity contribution in [2.75, 3.05) is 16.5 Å². The summed E-state index contributed by atoms with van der Waals surface area (Å²) in [5, 5.41) is 1.35. The Bertz CT molecular complexity index is 3440. The molecule has 1 unspecified atom stereocenters. The van der Waals surface area contributed by atoms with E-state index in [1.54, 1.807) is 0 Å². The van der Waals surface area contributed by atoms with Gasteiger partial charge in [0, 0.05) is 40.5 Å². The second-order valence-corrected chi connectivity index (χ2v) is 25.5. The number of aromatic nitrogens is 2. The predicted octanol–water partition coefficient (Wildman–Crippen LogP) is 18.4.